The monoisotopic (exact) mass is 350 g/mol. The molecule has 2 aromatic carbocycles. The molecule has 0 aliphatic heterocycles. The fraction of sp³-hybridized carbons (Fsp3) is 0. The van der Waals surface area contributed by atoms with Crippen LogP contribution in [-0.2, 0) is 0 Å². The molecule has 0 aliphatic rings. The fourth-order valence-corrected chi connectivity index (χ4v) is 2.13. The summed E-state index contributed by atoms with van der Waals surface area (Å²) in [4.78, 5) is 4.11. The Morgan fingerprint density at radius 1 is 1.05 bits per heavy atom. The minimum atomic E-state index is -0.773. The van der Waals surface area contributed by atoms with E-state index in [1.807, 2.05) is 0 Å². The highest BCUT2D eigenvalue weighted by Gasteiger charge is 2.15. The van der Waals surface area contributed by atoms with Crippen molar-refractivity contribution in [3.05, 3.63) is 46.7 Å². The van der Waals surface area contributed by atoms with Crippen LogP contribution < -0.4 is 0 Å². The lowest BCUT2D eigenvalue weighted by Gasteiger charge is -1.99. The zero-order valence-corrected chi connectivity index (χ0v) is 12.0. The van der Waals surface area contributed by atoms with Gasteiger partial charge in [0.05, 0.1) is 5.56 Å². The summed E-state index contributed by atoms with van der Waals surface area (Å²) in [5.74, 6) is -0.968. The second-order valence-electron chi connectivity index (χ2n) is 4.25. The topological polar surface area (TPSA) is 79.4 Å². The summed E-state index contributed by atoms with van der Waals surface area (Å²) in [6.07, 6.45) is 0. The molecule has 0 atom stereocenters. The van der Waals surface area contributed by atoms with Gasteiger partial charge in [0.2, 0.25) is 5.82 Å². The highest BCUT2D eigenvalue weighted by molar-refractivity contribution is 9.10. The van der Waals surface area contributed by atoms with Crippen molar-refractivity contribution in [2.24, 2.45) is 0 Å². The van der Waals surface area contributed by atoms with Crippen molar-refractivity contribution < 1.29 is 19.1 Å². The molecule has 0 radical (unpaired) electrons. The van der Waals surface area contributed by atoms with Gasteiger partial charge in [-0.15, -0.1) is 0 Å². The first kappa shape index (κ1) is 13.6. The van der Waals surface area contributed by atoms with Crippen LogP contribution in [0.3, 0.4) is 0 Å². The molecule has 21 heavy (non-hydrogen) atoms. The van der Waals surface area contributed by atoms with Gasteiger partial charge in [-0.3, -0.25) is 0 Å². The third-order valence-corrected chi connectivity index (χ3v) is 3.32. The molecule has 0 saturated heterocycles. The number of phenols is 2. The van der Waals surface area contributed by atoms with Crippen LogP contribution in [0.2, 0.25) is 0 Å². The average Bonchev–Trinajstić information content (AvgIpc) is 2.91. The van der Waals surface area contributed by atoms with Crippen molar-refractivity contribution >= 4 is 15.9 Å². The molecule has 0 amide bonds. The smallest absolute Gasteiger partial charge is 0.261 e. The highest BCUT2D eigenvalue weighted by atomic mass is 79.9. The zero-order valence-electron chi connectivity index (χ0n) is 10.4. The Balaban J connectivity index is 2.01. The molecule has 3 rings (SSSR count). The number of aromatic nitrogens is 2. The molecule has 3 aromatic rings. The van der Waals surface area contributed by atoms with Gasteiger partial charge in [0, 0.05) is 10.0 Å². The highest BCUT2D eigenvalue weighted by Crippen LogP contribution is 2.32. The number of rotatable bonds is 2. The maximum Gasteiger partial charge on any atom is 0.261 e. The molecule has 106 valence electrons. The molecule has 5 nitrogen and oxygen atoms in total. The first-order valence-electron chi connectivity index (χ1n) is 5.86. The number of phenolic OH excluding ortho intramolecular Hbond substituents is 2. The van der Waals surface area contributed by atoms with Gasteiger partial charge < -0.3 is 14.7 Å². The Labute approximate surface area is 126 Å². The van der Waals surface area contributed by atoms with E-state index >= 15 is 0 Å². The predicted octanol–water partition coefficient (Wildman–Crippen LogP) is 3.72. The first-order valence-corrected chi connectivity index (χ1v) is 6.65. The van der Waals surface area contributed by atoms with Crippen molar-refractivity contribution in [3.8, 4) is 34.3 Å². The molecule has 1 aromatic heterocycles. The second kappa shape index (κ2) is 5.17. The van der Waals surface area contributed by atoms with Gasteiger partial charge in [0.25, 0.3) is 5.89 Å². The average molecular weight is 351 g/mol. The minimum Gasteiger partial charge on any atom is -0.507 e. The van der Waals surface area contributed by atoms with Crippen molar-refractivity contribution in [2.75, 3.05) is 0 Å². The molecule has 0 saturated carbocycles. The molecule has 1 heterocycles. The minimum absolute atomic E-state index is 0.0172. The molecule has 0 aliphatic carbocycles. The van der Waals surface area contributed by atoms with Crippen LogP contribution in [0.4, 0.5) is 4.39 Å². The van der Waals surface area contributed by atoms with Gasteiger partial charge >= 0.3 is 0 Å². The van der Waals surface area contributed by atoms with Crippen LogP contribution in [0, 0.1) is 5.82 Å². The summed E-state index contributed by atoms with van der Waals surface area (Å²) in [5, 5.41) is 22.8. The number of aromatic hydroxyl groups is 2. The molecule has 0 unspecified atom stereocenters. The van der Waals surface area contributed by atoms with Crippen molar-refractivity contribution in [1.29, 1.82) is 0 Å². The van der Waals surface area contributed by atoms with E-state index in [0.29, 0.717) is 15.6 Å². The summed E-state index contributed by atoms with van der Waals surface area (Å²) < 4.78 is 19.1. The first-order chi connectivity index (χ1) is 10.0. The van der Waals surface area contributed by atoms with E-state index in [0.717, 1.165) is 6.07 Å². The third-order valence-electron chi connectivity index (χ3n) is 2.82. The van der Waals surface area contributed by atoms with Gasteiger partial charge in [0.1, 0.15) is 5.75 Å². The van der Waals surface area contributed by atoms with Gasteiger partial charge in [-0.05, 0) is 36.4 Å². The normalized spacial score (nSPS) is 10.8. The lowest BCUT2D eigenvalue weighted by atomic mass is 10.2. The Morgan fingerprint density at radius 3 is 2.57 bits per heavy atom. The van der Waals surface area contributed by atoms with Crippen LogP contribution in [0.5, 0.6) is 11.5 Å². The lowest BCUT2D eigenvalue weighted by Crippen LogP contribution is -1.84. The molecule has 2 N–H and O–H groups in total. The van der Waals surface area contributed by atoms with Crippen molar-refractivity contribution in [2.45, 2.75) is 0 Å². The van der Waals surface area contributed by atoms with E-state index in [-0.39, 0.29) is 17.5 Å². The van der Waals surface area contributed by atoms with E-state index in [1.165, 1.54) is 18.2 Å². The van der Waals surface area contributed by atoms with Gasteiger partial charge in [-0.25, -0.2) is 4.39 Å². The number of benzene rings is 2. The molecule has 7 heteroatoms. The van der Waals surface area contributed by atoms with E-state index in [1.54, 1.807) is 12.1 Å². The fourth-order valence-electron chi connectivity index (χ4n) is 1.78. The Hall–Kier alpha value is -2.41. The maximum atomic E-state index is 13.3. The third kappa shape index (κ3) is 2.59. The Bertz CT molecular complexity index is 820. The molecule has 0 bridgehead atoms. The summed E-state index contributed by atoms with van der Waals surface area (Å²) in [6, 6.07) is 8.62. The molecular formula is C14H8BrFN2O3. The van der Waals surface area contributed by atoms with Crippen LogP contribution in [0.15, 0.2) is 45.4 Å². The molecule has 0 fully saturated rings. The van der Waals surface area contributed by atoms with Crippen LogP contribution >= 0.6 is 15.9 Å². The van der Waals surface area contributed by atoms with E-state index < -0.39 is 11.6 Å². The van der Waals surface area contributed by atoms with Gasteiger partial charge in [-0.2, -0.15) is 4.98 Å². The summed E-state index contributed by atoms with van der Waals surface area (Å²) in [5.41, 5.74) is 0.730. The van der Waals surface area contributed by atoms with Crippen LogP contribution in [-0.4, -0.2) is 20.4 Å². The summed E-state index contributed by atoms with van der Waals surface area (Å²) in [6.45, 7) is 0. The quantitative estimate of drug-likeness (QED) is 0.736. The number of hydrogen-bond donors (Lipinski definition) is 2. The molecular weight excluding hydrogens is 343 g/mol. The van der Waals surface area contributed by atoms with E-state index in [4.69, 9.17) is 9.63 Å². The maximum absolute atomic E-state index is 13.3. The predicted molar refractivity (Wildman–Crippen MR) is 76.2 cm³/mol. The number of nitrogens with zero attached hydrogens (tertiary/aromatic N) is 2. The van der Waals surface area contributed by atoms with Crippen molar-refractivity contribution in [1.82, 2.24) is 10.1 Å². The Kier molecular flexibility index (Phi) is 3.34. The number of halogens is 2. The SMILES string of the molecule is Oc1ccc(-c2noc(-c3ccc(Br)cc3O)n2)cc1F. The largest absolute Gasteiger partial charge is 0.507 e. The van der Waals surface area contributed by atoms with E-state index in [9.17, 15) is 9.50 Å². The second-order valence-corrected chi connectivity index (χ2v) is 5.17. The van der Waals surface area contributed by atoms with Gasteiger partial charge in [-0.1, -0.05) is 21.1 Å². The van der Waals surface area contributed by atoms with Crippen LogP contribution in [0.25, 0.3) is 22.8 Å². The standard InChI is InChI=1S/C14H8BrFN2O3/c15-8-2-3-9(12(20)6-8)14-17-13(18-21-14)7-1-4-11(19)10(16)5-7/h1-6,19-20H. The summed E-state index contributed by atoms with van der Waals surface area (Å²) >= 11 is 3.23. The van der Waals surface area contributed by atoms with Gasteiger partial charge in [0.15, 0.2) is 11.6 Å². The summed E-state index contributed by atoms with van der Waals surface area (Å²) in [7, 11) is 0. The number of hydrogen-bond acceptors (Lipinski definition) is 5. The van der Waals surface area contributed by atoms with Crippen LogP contribution in [0.1, 0.15) is 0 Å². The van der Waals surface area contributed by atoms with Crippen molar-refractivity contribution in [3.63, 3.8) is 0 Å². The zero-order chi connectivity index (χ0) is 15.0. The lowest BCUT2D eigenvalue weighted by molar-refractivity contribution is 0.425. The molecule has 0 spiro atoms. The Morgan fingerprint density at radius 2 is 1.86 bits per heavy atom. The van der Waals surface area contributed by atoms with E-state index in [2.05, 4.69) is 26.1 Å².